The minimum Gasteiger partial charge on any atom is -0.365 e. The van der Waals surface area contributed by atoms with Gasteiger partial charge in [-0.15, -0.1) is 0 Å². The van der Waals surface area contributed by atoms with Crippen LogP contribution in [0.2, 0.25) is 0 Å². The van der Waals surface area contributed by atoms with Gasteiger partial charge in [0.2, 0.25) is 0 Å². The van der Waals surface area contributed by atoms with E-state index in [1.54, 1.807) is 12.1 Å². The number of hydrogen-bond acceptors (Lipinski definition) is 4. The molecule has 0 unspecified atom stereocenters. The number of carbonyl (C=O) groups excluding carboxylic acids is 1. The summed E-state index contributed by atoms with van der Waals surface area (Å²) in [5.41, 5.74) is 3.77. The third kappa shape index (κ3) is 1.93. The van der Waals surface area contributed by atoms with Crippen LogP contribution in [0.25, 0.3) is 5.82 Å². The molecule has 0 saturated heterocycles. The third-order valence-electron chi connectivity index (χ3n) is 3.20. The van der Waals surface area contributed by atoms with E-state index in [1.165, 1.54) is 23.0 Å². The highest BCUT2D eigenvalue weighted by atomic mass is 16.2. The fourth-order valence-electron chi connectivity index (χ4n) is 2.04. The van der Waals surface area contributed by atoms with Crippen molar-refractivity contribution in [2.75, 3.05) is 0 Å². The van der Waals surface area contributed by atoms with Crippen molar-refractivity contribution in [2.24, 2.45) is 5.73 Å². The van der Waals surface area contributed by atoms with Crippen LogP contribution in [0.4, 0.5) is 0 Å². The number of nitrogens with two attached hydrogens (primary N) is 1. The quantitative estimate of drug-likeness (QED) is 0.838. The van der Waals surface area contributed by atoms with Crippen LogP contribution in [0.5, 0.6) is 0 Å². The van der Waals surface area contributed by atoms with Crippen LogP contribution in [0.3, 0.4) is 0 Å². The van der Waals surface area contributed by atoms with Gasteiger partial charge < -0.3 is 5.73 Å². The largest absolute Gasteiger partial charge is 0.365 e. The van der Waals surface area contributed by atoms with Gasteiger partial charge in [0.25, 0.3) is 11.5 Å². The lowest BCUT2D eigenvalue weighted by atomic mass is 10.3. The molecule has 2 aromatic rings. The molecule has 3 rings (SSSR count). The number of rotatable bonds is 3. The van der Waals surface area contributed by atoms with Gasteiger partial charge in [-0.2, -0.15) is 0 Å². The predicted molar refractivity (Wildman–Crippen MR) is 70.9 cm³/mol. The molecule has 1 saturated carbocycles. The Bertz CT molecular complexity index is 787. The highest BCUT2D eigenvalue weighted by Gasteiger charge is 2.28. The molecule has 7 heteroatoms. The maximum atomic E-state index is 12.4. The summed E-state index contributed by atoms with van der Waals surface area (Å²) in [6.07, 6.45) is 4.42. The number of carbonyl (C=O) groups is 1. The van der Waals surface area contributed by atoms with Crippen LogP contribution in [-0.2, 0) is 0 Å². The number of hydrogen-bond donors (Lipinski definition) is 1. The minimum atomic E-state index is -0.853. The first kappa shape index (κ1) is 12.3. The highest BCUT2D eigenvalue weighted by Crippen LogP contribution is 2.33. The zero-order chi connectivity index (χ0) is 14.3. The second kappa shape index (κ2) is 4.44. The first-order chi connectivity index (χ1) is 9.59. The average molecular weight is 272 g/mol. The molecule has 7 nitrogen and oxygen atoms in total. The van der Waals surface area contributed by atoms with Crippen molar-refractivity contribution in [3.63, 3.8) is 0 Å². The Balaban J connectivity index is 2.35. The lowest BCUT2D eigenvalue weighted by molar-refractivity contribution is 0.0997. The smallest absolute Gasteiger partial charge is 0.337 e. The van der Waals surface area contributed by atoms with Crippen molar-refractivity contribution in [2.45, 2.75) is 18.9 Å². The Morgan fingerprint density at radius 3 is 2.60 bits per heavy atom. The number of pyridine rings is 1. The molecule has 0 spiro atoms. The molecule has 0 aliphatic heterocycles. The first-order valence-corrected chi connectivity index (χ1v) is 6.19. The number of amides is 1. The number of aromatic nitrogens is 3. The van der Waals surface area contributed by atoms with E-state index in [-0.39, 0.29) is 17.4 Å². The highest BCUT2D eigenvalue weighted by molar-refractivity contribution is 5.92. The molecule has 20 heavy (non-hydrogen) atoms. The summed E-state index contributed by atoms with van der Waals surface area (Å²) < 4.78 is 2.27. The summed E-state index contributed by atoms with van der Waals surface area (Å²) >= 11 is 0. The Labute approximate surface area is 113 Å². The molecule has 0 bridgehead atoms. The summed E-state index contributed by atoms with van der Waals surface area (Å²) in [7, 11) is 0. The Morgan fingerprint density at radius 2 is 2.05 bits per heavy atom. The second-order valence-corrected chi connectivity index (χ2v) is 4.66. The van der Waals surface area contributed by atoms with Crippen molar-refractivity contribution < 1.29 is 4.79 Å². The van der Waals surface area contributed by atoms with Gasteiger partial charge in [0.15, 0.2) is 0 Å². The van der Waals surface area contributed by atoms with E-state index < -0.39 is 17.2 Å². The molecular formula is C13H12N4O3. The SMILES string of the molecule is NC(=O)c1cn(C2CC2)c(=O)n(-c2ccccn2)c1=O. The van der Waals surface area contributed by atoms with Crippen LogP contribution in [0.15, 0.2) is 40.2 Å². The van der Waals surface area contributed by atoms with E-state index in [4.69, 9.17) is 5.73 Å². The molecule has 2 N–H and O–H groups in total. The van der Waals surface area contributed by atoms with Gasteiger partial charge in [0.05, 0.1) is 0 Å². The van der Waals surface area contributed by atoms with Gasteiger partial charge in [-0.3, -0.25) is 14.2 Å². The van der Waals surface area contributed by atoms with E-state index in [9.17, 15) is 14.4 Å². The van der Waals surface area contributed by atoms with Gasteiger partial charge >= 0.3 is 5.69 Å². The minimum absolute atomic E-state index is 0.0242. The van der Waals surface area contributed by atoms with Crippen LogP contribution >= 0.6 is 0 Å². The summed E-state index contributed by atoms with van der Waals surface area (Å²) in [5, 5.41) is 0. The Kier molecular flexibility index (Phi) is 2.74. The van der Waals surface area contributed by atoms with Crippen molar-refractivity contribution in [3.8, 4) is 5.82 Å². The maximum Gasteiger partial charge on any atom is 0.337 e. The summed E-state index contributed by atoms with van der Waals surface area (Å²) in [6.45, 7) is 0. The molecule has 1 aliphatic rings. The predicted octanol–water partition coefficient (Wildman–Crippen LogP) is -0.172. The fraction of sp³-hybridized carbons (Fsp3) is 0.231. The third-order valence-corrected chi connectivity index (χ3v) is 3.20. The van der Waals surface area contributed by atoms with Gasteiger partial charge in [0.1, 0.15) is 11.4 Å². The molecule has 0 radical (unpaired) electrons. The first-order valence-electron chi connectivity index (χ1n) is 6.19. The van der Waals surface area contributed by atoms with Crippen molar-refractivity contribution >= 4 is 5.91 Å². The zero-order valence-corrected chi connectivity index (χ0v) is 10.5. The van der Waals surface area contributed by atoms with E-state index in [0.717, 1.165) is 17.4 Å². The van der Waals surface area contributed by atoms with E-state index >= 15 is 0 Å². The van der Waals surface area contributed by atoms with Crippen molar-refractivity contribution in [3.05, 3.63) is 57.0 Å². The van der Waals surface area contributed by atoms with Gasteiger partial charge in [-0.25, -0.2) is 14.3 Å². The zero-order valence-electron chi connectivity index (χ0n) is 10.5. The average Bonchev–Trinajstić information content (AvgIpc) is 3.24. The van der Waals surface area contributed by atoms with Crippen LogP contribution < -0.4 is 17.0 Å². The van der Waals surface area contributed by atoms with Crippen LogP contribution in [0.1, 0.15) is 29.2 Å². The lowest BCUT2D eigenvalue weighted by Gasteiger charge is -2.10. The Morgan fingerprint density at radius 1 is 1.30 bits per heavy atom. The van der Waals surface area contributed by atoms with Gasteiger partial charge in [-0.1, -0.05) is 6.07 Å². The lowest BCUT2D eigenvalue weighted by Crippen LogP contribution is -2.42. The number of primary amides is 1. The normalized spacial score (nSPS) is 14.2. The monoisotopic (exact) mass is 272 g/mol. The van der Waals surface area contributed by atoms with Crippen molar-refractivity contribution in [1.82, 2.24) is 14.1 Å². The van der Waals surface area contributed by atoms with Gasteiger partial charge in [-0.05, 0) is 25.0 Å². The molecule has 102 valence electrons. The summed E-state index contributed by atoms with van der Waals surface area (Å²) in [4.78, 5) is 40.0. The molecule has 1 amide bonds. The van der Waals surface area contributed by atoms with Crippen molar-refractivity contribution in [1.29, 1.82) is 0 Å². The summed E-state index contributed by atoms with van der Waals surface area (Å²) in [5.74, 6) is -0.672. The Hall–Kier alpha value is -2.70. The molecular weight excluding hydrogens is 260 g/mol. The molecule has 0 aromatic carbocycles. The fourth-order valence-corrected chi connectivity index (χ4v) is 2.04. The molecule has 2 aromatic heterocycles. The maximum absolute atomic E-state index is 12.4. The standard InChI is InChI=1S/C13H12N4O3/c14-11(18)9-7-16(8-4-5-8)13(20)17(12(9)19)10-3-1-2-6-15-10/h1-3,6-8H,4-5H2,(H2,14,18). The van der Waals surface area contributed by atoms with Gasteiger partial charge in [0, 0.05) is 18.4 Å². The molecule has 1 fully saturated rings. The number of nitrogens with zero attached hydrogens (tertiary/aromatic N) is 3. The van der Waals surface area contributed by atoms with Crippen LogP contribution in [-0.4, -0.2) is 20.0 Å². The molecule has 0 atom stereocenters. The van der Waals surface area contributed by atoms with E-state index in [2.05, 4.69) is 4.98 Å². The molecule has 2 heterocycles. The molecule has 1 aliphatic carbocycles. The van der Waals surface area contributed by atoms with E-state index in [0.29, 0.717) is 0 Å². The van der Waals surface area contributed by atoms with E-state index in [1.807, 2.05) is 0 Å². The van der Waals surface area contributed by atoms with Crippen LogP contribution in [0, 0.1) is 0 Å². The summed E-state index contributed by atoms with van der Waals surface area (Å²) in [6, 6.07) is 4.89. The topological polar surface area (TPSA) is 100.0 Å². The second-order valence-electron chi connectivity index (χ2n) is 4.66.